The molecule has 0 fully saturated rings. The standard InChI is InChI=1S/C6H4Cl2N2O2/c7-3-1-4(8)6(10(11)12)2-5(3)9/h1-2H,9H2. The fraction of sp³-hybridized carbons (Fsp3) is 0. The highest BCUT2D eigenvalue weighted by atomic mass is 35.5. The molecule has 0 atom stereocenters. The van der Waals surface area contributed by atoms with E-state index in [0.29, 0.717) is 0 Å². The second-order valence-corrected chi connectivity index (χ2v) is 2.90. The van der Waals surface area contributed by atoms with Gasteiger partial charge in [0.25, 0.3) is 5.69 Å². The number of nitro groups is 1. The van der Waals surface area contributed by atoms with Gasteiger partial charge in [-0.25, -0.2) is 0 Å². The number of nitro benzene ring substituents is 1. The zero-order valence-electron chi connectivity index (χ0n) is 5.75. The van der Waals surface area contributed by atoms with Crippen LogP contribution in [0.25, 0.3) is 0 Å². The third-order valence-electron chi connectivity index (χ3n) is 1.26. The lowest BCUT2D eigenvalue weighted by Gasteiger charge is -1.98. The zero-order valence-corrected chi connectivity index (χ0v) is 7.26. The van der Waals surface area contributed by atoms with Gasteiger partial charge in [0.1, 0.15) is 5.02 Å². The first kappa shape index (κ1) is 9.09. The van der Waals surface area contributed by atoms with Crippen LogP contribution in [0.5, 0.6) is 0 Å². The summed E-state index contributed by atoms with van der Waals surface area (Å²) >= 11 is 11.1. The molecule has 6 heteroatoms. The molecule has 0 bridgehead atoms. The van der Waals surface area contributed by atoms with Gasteiger partial charge < -0.3 is 5.73 Å². The molecule has 1 aromatic rings. The van der Waals surface area contributed by atoms with E-state index in [0.717, 1.165) is 6.07 Å². The van der Waals surface area contributed by atoms with Crippen LogP contribution in [-0.4, -0.2) is 4.92 Å². The topological polar surface area (TPSA) is 69.2 Å². The lowest BCUT2D eigenvalue weighted by atomic mass is 10.3. The van der Waals surface area contributed by atoms with Crippen molar-refractivity contribution in [3.05, 3.63) is 32.3 Å². The Kier molecular flexibility index (Phi) is 2.40. The Morgan fingerprint density at radius 1 is 1.33 bits per heavy atom. The van der Waals surface area contributed by atoms with Crippen molar-refractivity contribution in [1.29, 1.82) is 0 Å². The molecule has 0 saturated carbocycles. The van der Waals surface area contributed by atoms with Crippen molar-refractivity contribution in [2.45, 2.75) is 0 Å². The molecular weight excluding hydrogens is 203 g/mol. The summed E-state index contributed by atoms with van der Waals surface area (Å²) in [4.78, 5) is 9.69. The highest BCUT2D eigenvalue weighted by molar-refractivity contribution is 6.37. The average Bonchev–Trinajstić information content (AvgIpc) is 1.96. The van der Waals surface area contributed by atoms with Crippen molar-refractivity contribution in [1.82, 2.24) is 0 Å². The lowest BCUT2D eigenvalue weighted by molar-refractivity contribution is -0.384. The molecule has 0 saturated heterocycles. The molecule has 1 rings (SSSR count). The molecule has 0 aliphatic heterocycles. The van der Waals surface area contributed by atoms with Gasteiger partial charge in [-0.2, -0.15) is 0 Å². The average molecular weight is 207 g/mol. The fourth-order valence-electron chi connectivity index (χ4n) is 0.694. The second kappa shape index (κ2) is 3.16. The predicted molar refractivity (Wildman–Crippen MR) is 47.5 cm³/mol. The monoisotopic (exact) mass is 206 g/mol. The number of anilines is 1. The van der Waals surface area contributed by atoms with Crippen LogP contribution in [0.15, 0.2) is 12.1 Å². The van der Waals surface area contributed by atoms with Gasteiger partial charge in [0.15, 0.2) is 0 Å². The van der Waals surface area contributed by atoms with Crippen LogP contribution in [0.1, 0.15) is 0 Å². The predicted octanol–water partition coefficient (Wildman–Crippen LogP) is 2.48. The number of rotatable bonds is 1. The van der Waals surface area contributed by atoms with Gasteiger partial charge in [0.05, 0.1) is 15.6 Å². The van der Waals surface area contributed by atoms with Gasteiger partial charge in [-0.15, -0.1) is 0 Å². The van der Waals surface area contributed by atoms with Crippen molar-refractivity contribution < 1.29 is 4.92 Å². The molecule has 0 aliphatic carbocycles. The van der Waals surface area contributed by atoms with E-state index < -0.39 is 4.92 Å². The summed E-state index contributed by atoms with van der Waals surface area (Å²) in [6.07, 6.45) is 0. The molecule has 0 spiro atoms. The Hall–Kier alpha value is -1.000. The van der Waals surface area contributed by atoms with E-state index >= 15 is 0 Å². The van der Waals surface area contributed by atoms with Gasteiger partial charge in [-0.05, 0) is 6.07 Å². The first-order valence-electron chi connectivity index (χ1n) is 2.91. The molecule has 0 amide bonds. The van der Waals surface area contributed by atoms with Crippen LogP contribution >= 0.6 is 23.2 Å². The molecular formula is C6H4Cl2N2O2. The Labute approximate surface area is 78.0 Å². The second-order valence-electron chi connectivity index (χ2n) is 2.08. The Balaban J connectivity index is 3.33. The summed E-state index contributed by atoms with van der Waals surface area (Å²) in [6.45, 7) is 0. The first-order chi connectivity index (χ1) is 5.52. The fourth-order valence-corrected chi connectivity index (χ4v) is 1.15. The number of hydrogen-bond acceptors (Lipinski definition) is 3. The number of halogens is 2. The molecule has 0 aromatic heterocycles. The van der Waals surface area contributed by atoms with Crippen molar-refractivity contribution in [3.8, 4) is 0 Å². The molecule has 0 radical (unpaired) electrons. The summed E-state index contributed by atoms with van der Waals surface area (Å²) in [5, 5.41) is 10.5. The molecule has 0 heterocycles. The van der Waals surface area contributed by atoms with Crippen LogP contribution in [0, 0.1) is 10.1 Å². The third kappa shape index (κ3) is 1.60. The summed E-state index contributed by atoms with van der Waals surface area (Å²) in [5.74, 6) is 0. The summed E-state index contributed by atoms with van der Waals surface area (Å²) in [7, 11) is 0. The SMILES string of the molecule is Nc1cc([N+](=O)[O-])c(Cl)cc1Cl. The van der Waals surface area contributed by atoms with Gasteiger partial charge in [-0.3, -0.25) is 10.1 Å². The summed E-state index contributed by atoms with van der Waals surface area (Å²) < 4.78 is 0. The molecule has 12 heavy (non-hydrogen) atoms. The molecule has 2 N–H and O–H groups in total. The van der Waals surface area contributed by atoms with Crippen LogP contribution in [0.2, 0.25) is 10.0 Å². The summed E-state index contributed by atoms with van der Waals surface area (Å²) in [6, 6.07) is 2.38. The van der Waals surface area contributed by atoms with Gasteiger partial charge >= 0.3 is 0 Å². The minimum atomic E-state index is -0.616. The van der Waals surface area contributed by atoms with Crippen LogP contribution in [0.4, 0.5) is 11.4 Å². The quantitative estimate of drug-likeness (QED) is 0.436. The molecule has 1 aromatic carbocycles. The summed E-state index contributed by atoms with van der Waals surface area (Å²) in [5.41, 5.74) is 5.24. The van der Waals surface area contributed by atoms with E-state index in [1.165, 1.54) is 6.07 Å². The smallest absolute Gasteiger partial charge is 0.290 e. The Morgan fingerprint density at radius 3 is 2.42 bits per heavy atom. The normalized spacial score (nSPS) is 9.83. The molecule has 64 valence electrons. The van der Waals surface area contributed by atoms with Crippen LogP contribution < -0.4 is 5.73 Å². The van der Waals surface area contributed by atoms with Crippen LogP contribution in [0.3, 0.4) is 0 Å². The van der Waals surface area contributed by atoms with Crippen LogP contribution in [-0.2, 0) is 0 Å². The first-order valence-corrected chi connectivity index (χ1v) is 3.67. The molecule has 4 nitrogen and oxygen atoms in total. The third-order valence-corrected chi connectivity index (χ3v) is 1.89. The van der Waals surface area contributed by atoms with E-state index in [1.54, 1.807) is 0 Å². The Bertz CT molecular complexity index is 341. The lowest BCUT2D eigenvalue weighted by Crippen LogP contribution is -1.93. The highest BCUT2D eigenvalue weighted by Gasteiger charge is 2.14. The maximum Gasteiger partial charge on any atom is 0.290 e. The largest absolute Gasteiger partial charge is 0.397 e. The number of nitrogen functional groups attached to an aromatic ring is 1. The Morgan fingerprint density at radius 2 is 1.92 bits per heavy atom. The van der Waals surface area contributed by atoms with E-state index in [-0.39, 0.29) is 21.4 Å². The van der Waals surface area contributed by atoms with Crippen molar-refractivity contribution in [3.63, 3.8) is 0 Å². The molecule has 0 unspecified atom stereocenters. The number of hydrogen-bond donors (Lipinski definition) is 1. The van der Waals surface area contributed by atoms with E-state index in [2.05, 4.69) is 0 Å². The van der Waals surface area contributed by atoms with E-state index in [1.807, 2.05) is 0 Å². The van der Waals surface area contributed by atoms with Crippen molar-refractivity contribution in [2.24, 2.45) is 0 Å². The number of nitrogens with zero attached hydrogens (tertiary/aromatic N) is 1. The number of benzene rings is 1. The maximum absolute atomic E-state index is 10.3. The van der Waals surface area contributed by atoms with Crippen molar-refractivity contribution in [2.75, 3.05) is 5.73 Å². The zero-order chi connectivity index (χ0) is 9.30. The van der Waals surface area contributed by atoms with Gasteiger partial charge in [-0.1, -0.05) is 23.2 Å². The van der Waals surface area contributed by atoms with Gasteiger partial charge in [0.2, 0.25) is 0 Å². The number of nitrogens with two attached hydrogens (primary N) is 1. The van der Waals surface area contributed by atoms with Crippen molar-refractivity contribution >= 4 is 34.6 Å². The minimum Gasteiger partial charge on any atom is -0.397 e. The maximum atomic E-state index is 10.3. The highest BCUT2D eigenvalue weighted by Crippen LogP contribution is 2.31. The van der Waals surface area contributed by atoms with E-state index in [4.69, 9.17) is 28.9 Å². The van der Waals surface area contributed by atoms with Gasteiger partial charge in [0, 0.05) is 6.07 Å². The van der Waals surface area contributed by atoms with E-state index in [9.17, 15) is 10.1 Å². The minimum absolute atomic E-state index is 0.0146. The molecule has 0 aliphatic rings.